The summed E-state index contributed by atoms with van der Waals surface area (Å²) < 4.78 is 38.9. The topological polar surface area (TPSA) is 137 Å². The fourth-order valence-corrected chi connectivity index (χ4v) is 4.19. The van der Waals surface area contributed by atoms with Crippen LogP contribution in [-0.4, -0.2) is 37.7 Å². The highest BCUT2D eigenvalue weighted by Crippen LogP contribution is 2.22. The molecule has 0 aromatic heterocycles. The average Bonchev–Trinajstić information content (AvgIpc) is 2.67. The molecule has 1 amide bonds. The van der Waals surface area contributed by atoms with E-state index in [1.807, 2.05) is 6.92 Å². The molecular formula is C25H35N3O6S. The molecule has 0 unspecified atom stereocenters. The van der Waals surface area contributed by atoms with Crippen LogP contribution in [0.2, 0.25) is 0 Å². The van der Waals surface area contributed by atoms with Gasteiger partial charge in [-0.3, -0.25) is 4.72 Å². The summed E-state index contributed by atoms with van der Waals surface area (Å²) in [4.78, 5) is 25.3. The molecule has 35 heavy (non-hydrogen) atoms. The molecule has 2 rings (SSSR count). The SMILES string of the molecule is Cc1ccc(NS(=O)(=O)c2cccc(N)c2)cc1C[C@H](NC(=O)OC(C)(C)C)C(=O)OC(C)(C)C. The summed E-state index contributed by atoms with van der Waals surface area (Å²) in [5.41, 5.74) is 6.27. The maximum atomic E-state index is 12.9. The minimum Gasteiger partial charge on any atom is -0.458 e. The smallest absolute Gasteiger partial charge is 0.408 e. The standard InChI is InChI=1S/C25H35N3O6S/c1-16-11-12-19(28-35(31,32)20-10-8-9-18(26)15-20)13-17(16)14-21(22(29)33-24(2,3)4)27-23(30)34-25(5,6)7/h8-13,15,21,28H,14,26H2,1-7H3,(H,27,30)/t21-/m0/s1. The summed E-state index contributed by atoms with van der Waals surface area (Å²) in [6, 6.07) is 9.86. The largest absolute Gasteiger partial charge is 0.458 e. The van der Waals surface area contributed by atoms with Crippen molar-refractivity contribution in [1.29, 1.82) is 0 Å². The van der Waals surface area contributed by atoms with Crippen molar-refractivity contribution in [3.8, 4) is 0 Å². The lowest BCUT2D eigenvalue weighted by molar-refractivity contribution is -0.157. The Balaban J connectivity index is 2.32. The van der Waals surface area contributed by atoms with Crippen molar-refractivity contribution < 1.29 is 27.5 Å². The van der Waals surface area contributed by atoms with Gasteiger partial charge in [-0.25, -0.2) is 18.0 Å². The number of rotatable bonds is 7. The number of nitrogen functional groups attached to an aromatic ring is 1. The van der Waals surface area contributed by atoms with Crippen molar-refractivity contribution >= 4 is 33.5 Å². The number of nitrogens with two attached hydrogens (primary N) is 1. The minimum absolute atomic E-state index is 0.0258. The highest BCUT2D eigenvalue weighted by molar-refractivity contribution is 7.92. The first-order valence-electron chi connectivity index (χ1n) is 11.2. The van der Waals surface area contributed by atoms with Crippen molar-refractivity contribution in [2.75, 3.05) is 10.5 Å². The number of carbonyl (C=O) groups is 2. The van der Waals surface area contributed by atoms with Crippen LogP contribution in [0, 0.1) is 6.92 Å². The molecule has 9 nitrogen and oxygen atoms in total. The van der Waals surface area contributed by atoms with Gasteiger partial charge >= 0.3 is 12.1 Å². The third-order valence-corrected chi connectivity index (χ3v) is 5.96. The Morgan fingerprint density at radius 2 is 1.60 bits per heavy atom. The highest BCUT2D eigenvalue weighted by Gasteiger charge is 2.29. The zero-order valence-electron chi connectivity index (χ0n) is 21.3. The maximum absolute atomic E-state index is 12.9. The third-order valence-electron chi connectivity index (χ3n) is 4.58. The van der Waals surface area contributed by atoms with E-state index in [0.29, 0.717) is 16.9 Å². The quantitative estimate of drug-likeness (QED) is 0.380. The number of carbonyl (C=O) groups excluding carboxylic acids is 2. The minimum atomic E-state index is -3.88. The summed E-state index contributed by atoms with van der Waals surface area (Å²) in [5.74, 6) is -0.631. The van der Waals surface area contributed by atoms with E-state index < -0.39 is 39.3 Å². The van der Waals surface area contributed by atoms with Crippen molar-refractivity contribution in [2.24, 2.45) is 0 Å². The van der Waals surface area contributed by atoms with E-state index in [2.05, 4.69) is 10.0 Å². The molecule has 2 aromatic rings. The van der Waals surface area contributed by atoms with Crippen LogP contribution in [0.25, 0.3) is 0 Å². The summed E-state index contributed by atoms with van der Waals surface area (Å²) >= 11 is 0. The normalized spacial score (nSPS) is 13.0. The molecule has 0 fully saturated rings. The third kappa shape index (κ3) is 9.12. The molecule has 2 aromatic carbocycles. The first-order valence-corrected chi connectivity index (χ1v) is 12.6. The van der Waals surface area contributed by atoms with Crippen molar-refractivity contribution in [2.45, 2.75) is 77.0 Å². The number of esters is 1. The zero-order valence-corrected chi connectivity index (χ0v) is 22.1. The number of hydrogen-bond donors (Lipinski definition) is 3. The predicted octanol–water partition coefficient (Wildman–Crippen LogP) is 4.16. The number of aryl methyl sites for hydroxylation is 1. The fourth-order valence-electron chi connectivity index (χ4n) is 3.09. The monoisotopic (exact) mass is 505 g/mol. The molecule has 0 aliphatic rings. The molecule has 0 radical (unpaired) electrons. The number of ether oxygens (including phenoxy) is 2. The lowest BCUT2D eigenvalue weighted by Crippen LogP contribution is -2.47. The molecule has 0 heterocycles. The van der Waals surface area contributed by atoms with Gasteiger partial charge in [0.2, 0.25) is 0 Å². The molecule has 1 atom stereocenters. The number of anilines is 2. The Hall–Kier alpha value is -3.27. The van der Waals surface area contributed by atoms with E-state index in [-0.39, 0.29) is 11.3 Å². The van der Waals surface area contributed by atoms with E-state index in [9.17, 15) is 18.0 Å². The van der Waals surface area contributed by atoms with Crippen LogP contribution in [0.15, 0.2) is 47.4 Å². The lowest BCUT2D eigenvalue weighted by Gasteiger charge is -2.26. The first kappa shape index (κ1) is 28.0. The van der Waals surface area contributed by atoms with E-state index >= 15 is 0 Å². The summed E-state index contributed by atoms with van der Waals surface area (Å²) in [7, 11) is -3.88. The number of amides is 1. The van der Waals surface area contributed by atoms with E-state index in [1.54, 1.807) is 71.9 Å². The Morgan fingerprint density at radius 1 is 0.971 bits per heavy atom. The Labute approximate surface area is 207 Å². The molecular weight excluding hydrogens is 470 g/mol. The molecule has 192 valence electrons. The number of hydrogen-bond acceptors (Lipinski definition) is 7. The number of nitrogens with one attached hydrogen (secondary N) is 2. The second kappa shape index (κ2) is 10.6. The highest BCUT2D eigenvalue weighted by atomic mass is 32.2. The van der Waals surface area contributed by atoms with Crippen LogP contribution in [0.1, 0.15) is 52.7 Å². The van der Waals surface area contributed by atoms with Gasteiger partial charge in [0.15, 0.2) is 0 Å². The van der Waals surface area contributed by atoms with Gasteiger partial charge in [-0.15, -0.1) is 0 Å². The van der Waals surface area contributed by atoms with Gasteiger partial charge in [0.05, 0.1) is 4.90 Å². The van der Waals surface area contributed by atoms with Crippen LogP contribution in [0.4, 0.5) is 16.2 Å². The summed E-state index contributed by atoms with van der Waals surface area (Å²) in [6.45, 7) is 12.2. The van der Waals surface area contributed by atoms with Gasteiger partial charge in [-0.2, -0.15) is 0 Å². The van der Waals surface area contributed by atoms with Gasteiger partial charge in [-0.1, -0.05) is 12.1 Å². The number of benzene rings is 2. The molecule has 0 bridgehead atoms. The Morgan fingerprint density at radius 3 is 2.17 bits per heavy atom. The predicted molar refractivity (Wildman–Crippen MR) is 136 cm³/mol. The van der Waals surface area contributed by atoms with E-state index in [0.717, 1.165) is 5.56 Å². The van der Waals surface area contributed by atoms with Gasteiger partial charge in [-0.05, 0) is 89.9 Å². The second-order valence-electron chi connectivity index (χ2n) is 10.3. The molecule has 4 N–H and O–H groups in total. The molecule has 0 saturated heterocycles. The van der Waals surface area contributed by atoms with Gasteiger partial charge < -0.3 is 20.5 Å². The van der Waals surface area contributed by atoms with Crippen molar-refractivity contribution in [3.63, 3.8) is 0 Å². The zero-order chi connectivity index (χ0) is 26.6. The Bertz CT molecular complexity index is 1180. The van der Waals surface area contributed by atoms with Gasteiger partial charge in [0, 0.05) is 17.8 Å². The van der Waals surface area contributed by atoms with Gasteiger partial charge in [0.1, 0.15) is 17.2 Å². The van der Waals surface area contributed by atoms with Gasteiger partial charge in [0.25, 0.3) is 10.0 Å². The summed E-state index contributed by atoms with van der Waals surface area (Å²) in [6.07, 6.45) is -0.696. The number of sulfonamides is 1. The lowest BCUT2D eigenvalue weighted by atomic mass is 10.00. The summed E-state index contributed by atoms with van der Waals surface area (Å²) in [5, 5.41) is 2.58. The molecule has 0 spiro atoms. The van der Waals surface area contributed by atoms with Crippen molar-refractivity contribution in [1.82, 2.24) is 5.32 Å². The van der Waals surface area contributed by atoms with Crippen LogP contribution in [0.5, 0.6) is 0 Å². The van der Waals surface area contributed by atoms with Crippen molar-refractivity contribution in [3.05, 3.63) is 53.6 Å². The fraction of sp³-hybridized carbons (Fsp3) is 0.440. The Kier molecular flexibility index (Phi) is 8.43. The molecule has 0 aliphatic heterocycles. The molecule has 0 saturated carbocycles. The van der Waals surface area contributed by atoms with Crippen LogP contribution >= 0.6 is 0 Å². The average molecular weight is 506 g/mol. The van der Waals surface area contributed by atoms with Crippen LogP contribution in [-0.2, 0) is 30.7 Å². The van der Waals surface area contributed by atoms with Crippen LogP contribution in [0.3, 0.4) is 0 Å². The number of alkyl carbamates (subject to hydrolysis) is 1. The van der Waals surface area contributed by atoms with E-state index in [4.69, 9.17) is 15.2 Å². The molecule has 0 aliphatic carbocycles. The van der Waals surface area contributed by atoms with Crippen LogP contribution < -0.4 is 15.8 Å². The second-order valence-corrected chi connectivity index (χ2v) is 11.9. The first-order chi connectivity index (χ1) is 15.9. The maximum Gasteiger partial charge on any atom is 0.408 e. The van der Waals surface area contributed by atoms with E-state index in [1.165, 1.54) is 12.1 Å². The molecule has 10 heteroatoms.